The first-order valence-corrected chi connectivity index (χ1v) is 5.69. The Morgan fingerprint density at radius 3 is 2.44 bits per heavy atom. The van der Waals surface area contributed by atoms with Crippen molar-refractivity contribution in [2.45, 2.75) is 0 Å². The first kappa shape index (κ1) is 12.2. The van der Waals surface area contributed by atoms with Crippen molar-refractivity contribution >= 4 is 0 Å². The quantitative estimate of drug-likeness (QED) is 0.733. The predicted molar refractivity (Wildman–Crippen MR) is 68.2 cm³/mol. The van der Waals surface area contributed by atoms with Crippen molar-refractivity contribution in [3.63, 3.8) is 0 Å². The van der Waals surface area contributed by atoms with Gasteiger partial charge in [0.25, 0.3) is 0 Å². The van der Waals surface area contributed by atoms with Crippen molar-refractivity contribution in [1.29, 1.82) is 0 Å². The van der Waals surface area contributed by atoms with E-state index in [1.165, 1.54) is 0 Å². The minimum Gasteiger partial charge on any atom is -0.493 e. The third kappa shape index (κ3) is 3.38. The summed E-state index contributed by atoms with van der Waals surface area (Å²) >= 11 is 0. The molecular weight excluding hydrogens is 230 g/mol. The number of hydrogen-bond donors (Lipinski definition) is 0. The van der Waals surface area contributed by atoms with Crippen molar-refractivity contribution in [2.75, 3.05) is 20.3 Å². The normalized spacial score (nSPS) is 9.83. The molecule has 0 aliphatic rings. The molecule has 0 atom stereocenters. The zero-order valence-corrected chi connectivity index (χ0v) is 10.2. The maximum atomic E-state index is 5.58. The second-order valence-electron chi connectivity index (χ2n) is 3.54. The molecule has 1 aromatic heterocycles. The second kappa shape index (κ2) is 6.49. The Labute approximate surface area is 106 Å². The van der Waals surface area contributed by atoms with Crippen molar-refractivity contribution < 1.29 is 14.2 Å². The van der Waals surface area contributed by atoms with Gasteiger partial charge in [0.2, 0.25) is 0 Å². The highest BCUT2D eigenvalue weighted by atomic mass is 16.5. The summed E-state index contributed by atoms with van der Waals surface area (Å²) in [5, 5.41) is 0. The number of methoxy groups -OCH3 is 1. The van der Waals surface area contributed by atoms with Gasteiger partial charge in [0, 0.05) is 6.20 Å². The largest absolute Gasteiger partial charge is 0.493 e. The van der Waals surface area contributed by atoms with Crippen LogP contribution in [0.3, 0.4) is 0 Å². The number of aromatic nitrogens is 1. The van der Waals surface area contributed by atoms with Gasteiger partial charge in [-0.2, -0.15) is 0 Å². The molecule has 0 fully saturated rings. The van der Waals surface area contributed by atoms with E-state index >= 15 is 0 Å². The molecule has 0 radical (unpaired) electrons. The van der Waals surface area contributed by atoms with Crippen LogP contribution in [0.5, 0.6) is 17.2 Å². The maximum absolute atomic E-state index is 5.58. The fourth-order valence-corrected chi connectivity index (χ4v) is 1.48. The molecule has 4 heteroatoms. The summed E-state index contributed by atoms with van der Waals surface area (Å²) in [5.41, 5.74) is 0. The zero-order chi connectivity index (χ0) is 12.6. The van der Waals surface area contributed by atoms with E-state index in [1.807, 2.05) is 36.4 Å². The Balaban J connectivity index is 1.78. The molecule has 0 unspecified atom stereocenters. The van der Waals surface area contributed by atoms with Crippen LogP contribution in [0, 0.1) is 0 Å². The van der Waals surface area contributed by atoms with Crippen molar-refractivity contribution in [3.8, 4) is 17.2 Å². The van der Waals surface area contributed by atoms with Crippen LogP contribution in [0.1, 0.15) is 0 Å². The number of hydrogen-bond acceptors (Lipinski definition) is 4. The summed E-state index contributed by atoms with van der Waals surface area (Å²) in [6.07, 6.45) is 3.38. The van der Waals surface area contributed by atoms with Crippen LogP contribution in [-0.4, -0.2) is 25.3 Å². The highest BCUT2D eigenvalue weighted by molar-refractivity contribution is 5.39. The van der Waals surface area contributed by atoms with E-state index in [9.17, 15) is 0 Å². The van der Waals surface area contributed by atoms with Crippen LogP contribution in [0.15, 0.2) is 48.8 Å². The molecule has 0 N–H and O–H groups in total. The van der Waals surface area contributed by atoms with Gasteiger partial charge in [-0.25, -0.2) is 0 Å². The third-order valence-electron chi connectivity index (χ3n) is 2.31. The van der Waals surface area contributed by atoms with Gasteiger partial charge in [0.1, 0.15) is 19.0 Å². The summed E-state index contributed by atoms with van der Waals surface area (Å²) in [4.78, 5) is 3.96. The van der Waals surface area contributed by atoms with Gasteiger partial charge in [0.05, 0.1) is 13.3 Å². The molecule has 2 aromatic rings. The maximum Gasteiger partial charge on any atom is 0.161 e. The zero-order valence-electron chi connectivity index (χ0n) is 10.2. The minimum atomic E-state index is 0.454. The molecule has 0 aliphatic heterocycles. The van der Waals surface area contributed by atoms with E-state index in [4.69, 9.17) is 14.2 Å². The summed E-state index contributed by atoms with van der Waals surface area (Å²) in [5.74, 6) is 2.18. The SMILES string of the molecule is COc1ccccc1OCCOc1cccnc1. The van der Waals surface area contributed by atoms with E-state index in [2.05, 4.69) is 4.98 Å². The number of ether oxygens (including phenoxy) is 3. The van der Waals surface area contributed by atoms with Gasteiger partial charge in [-0.3, -0.25) is 4.98 Å². The van der Waals surface area contributed by atoms with E-state index in [0.29, 0.717) is 13.2 Å². The highest BCUT2D eigenvalue weighted by Gasteiger charge is 2.01. The summed E-state index contributed by atoms with van der Waals surface area (Å²) in [6.45, 7) is 0.916. The number of benzene rings is 1. The molecule has 1 heterocycles. The highest BCUT2D eigenvalue weighted by Crippen LogP contribution is 2.25. The van der Waals surface area contributed by atoms with Crippen molar-refractivity contribution in [1.82, 2.24) is 4.98 Å². The molecule has 0 saturated heterocycles. The average Bonchev–Trinajstić information content (AvgIpc) is 2.45. The average molecular weight is 245 g/mol. The Morgan fingerprint density at radius 1 is 0.944 bits per heavy atom. The molecule has 4 nitrogen and oxygen atoms in total. The Hall–Kier alpha value is -2.23. The van der Waals surface area contributed by atoms with E-state index in [-0.39, 0.29) is 0 Å². The smallest absolute Gasteiger partial charge is 0.161 e. The molecule has 0 bridgehead atoms. The second-order valence-corrected chi connectivity index (χ2v) is 3.54. The van der Waals surface area contributed by atoms with Crippen LogP contribution in [0.2, 0.25) is 0 Å². The van der Waals surface area contributed by atoms with Gasteiger partial charge in [-0.05, 0) is 24.3 Å². The number of para-hydroxylation sites is 2. The molecule has 94 valence electrons. The molecule has 0 aliphatic carbocycles. The van der Waals surface area contributed by atoms with E-state index < -0.39 is 0 Å². The first-order valence-electron chi connectivity index (χ1n) is 5.69. The van der Waals surface area contributed by atoms with E-state index in [0.717, 1.165) is 17.2 Å². The monoisotopic (exact) mass is 245 g/mol. The lowest BCUT2D eigenvalue weighted by Gasteiger charge is -2.10. The van der Waals surface area contributed by atoms with E-state index in [1.54, 1.807) is 19.5 Å². The van der Waals surface area contributed by atoms with Crippen LogP contribution in [-0.2, 0) is 0 Å². The van der Waals surface area contributed by atoms with Crippen LogP contribution >= 0.6 is 0 Å². The summed E-state index contributed by atoms with van der Waals surface area (Å²) < 4.78 is 16.2. The number of nitrogens with zero attached hydrogens (tertiary/aromatic N) is 1. The Kier molecular flexibility index (Phi) is 4.41. The molecule has 0 spiro atoms. The van der Waals surface area contributed by atoms with Crippen molar-refractivity contribution in [2.24, 2.45) is 0 Å². The number of pyridine rings is 1. The first-order chi connectivity index (χ1) is 8.90. The predicted octanol–water partition coefficient (Wildman–Crippen LogP) is 2.55. The summed E-state index contributed by atoms with van der Waals surface area (Å²) in [7, 11) is 1.62. The van der Waals surface area contributed by atoms with Gasteiger partial charge < -0.3 is 14.2 Å². The minimum absolute atomic E-state index is 0.454. The van der Waals surface area contributed by atoms with Gasteiger partial charge >= 0.3 is 0 Å². The van der Waals surface area contributed by atoms with Gasteiger partial charge in [-0.15, -0.1) is 0 Å². The Morgan fingerprint density at radius 2 is 1.72 bits per heavy atom. The lowest BCUT2D eigenvalue weighted by atomic mass is 10.3. The molecule has 2 rings (SSSR count). The van der Waals surface area contributed by atoms with Crippen LogP contribution < -0.4 is 14.2 Å². The van der Waals surface area contributed by atoms with Gasteiger partial charge in [0.15, 0.2) is 11.5 Å². The lowest BCUT2D eigenvalue weighted by Crippen LogP contribution is -2.09. The van der Waals surface area contributed by atoms with Gasteiger partial charge in [-0.1, -0.05) is 12.1 Å². The topological polar surface area (TPSA) is 40.6 Å². The lowest BCUT2D eigenvalue weighted by molar-refractivity contribution is 0.211. The third-order valence-corrected chi connectivity index (χ3v) is 2.31. The molecular formula is C14H15NO3. The molecule has 18 heavy (non-hydrogen) atoms. The number of rotatable bonds is 6. The van der Waals surface area contributed by atoms with Crippen LogP contribution in [0.25, 0.3) is 0 Å². The fourth-order valence-electron chi connectivity index (χ4n) is 1.48. The Bertz CT molecular complexity index is 473. The van der Waals surface area contributed by atoms with Crippen LogP contribution in [0.4, 0.5) is 0 Å². The molecule has 0 saturated carbocycles. The van der Waals surface area contributed by atoms with Crippen molar-refractivity contribution in [3.05, 3.63) is 48.8 Å². The standard InChI is InChI=1S/C14H15NO3/c1-16-13-6-2-3-7-14(13)18-10-9-17-12-5-4-8-15-11-12/h2-8,11H,9-10H2,1H3. The summed E-state index contributed by atoms with van der Waals surface area (Å²) in [6, 6.07) is 11.2. The fraction of sp³-hybridized carbons (Fsp3) is 0.214. The molecule has 0 amide bonds. The molecule has 1 aromatic carbocycles.